The Bertz CT molecular complexity index is 1130. The summed E-state index contributed by atoms with van der Waals surface area (Å²) in [5, 5.41) is 14.0. The highest BCUT2D eigenvalue weighted by molar-refractivity contribution is 5.95. The molecule has 1 aromatic heterocycles. The molecule has 0 radical (unpaired) electrons. The van der Waals surface area contributed by atoms with E-state index < -0.39 is 11.5 Å². The van der Waals surface area contributed by atoms with Gasteiger partial charge in [-0.3, -0.25) is 4.57 Å². The van der Waals surface area contributed by atoms with Crippen molar-refractivity contribution in [2.45, 2.75) is 46.2 Å². The lowest BCUT2D eigenvalue weighted by atomic mass is 9.99. The first-order valence-electron chi connectivity index (χ1n) is 9.94. The fourth-order valence-corrected chi connectivity index (χ4v) is 3.30. The maximum absolute atomic E-state index is 13.0. The van der Waals surface area contributed by atoms with Gasteiger partial charge in [0.05, 0.1) is 17.6 Å². The minimum absolute atomic E-state index is 0.137. The van der Waals surface area contributed by atoms with E-state index in [0.29, 0.717) is 24.4 Å². The molecule has 1 N–H and O–H groups in total. The molecule has 3 rings (SSSR count). The normalized spacial score (nSPS) is 11.9. The molecule has 0 amide bonds. The van der Waals surface area contributed by atoms with Crippen molar-refractivity contribution < 1.29 is 9.90 Å². The SMILES string of the molecule is CC=CCc1nn(C(C)(C)C)c(=O)n1Cc1ccc(-c2ccccc2C(=O)O)cc1. The second-order valence-electron chi connectivity index (χ2n) is 8.19. The summed E-state index contributed by atoms with van der Waals surface area (Å²) in [5.41, 5.74) is 2.16. The number of carboxylic acids is 1. The number of benzene rings is 2. The maximum Gasteiger partial charge on any atom is 0.346 e. The van der Waals surface area contributed by atoms with Crippen LogP contribution in [0.1, 0.15) is 49.4 Å². The third-order valence-electron chi connectivity index (χ3n) is 4.87. The molecule has 0 fully saturated rings. The molecular weight excluding hydrogens is 378 g/mol. The van der Waals surface area contributed by atoms with Gasteiger partial charge in [-0.1, -0.05) is 54.6 Å². The molecule has 2 aromatic carbocycles. The van der Waals surface area contributed by atoms with Crippen LogP contribution in [0.5, 0.6) is 0 Å². The molecule has 0 spiro atoms. The minimum Gasteiger partial charge on any atom is -0.478 e. The smallest absolute Gasteiger partial charge is 0.346 e. The van der Waals surface area contributed by atoms with Gasteiger partial charge < -0.3 is 5.11 Å². The Balaban J connectivity index is 1.95. The van der Waals surface area contributed by atoms with E-state index in [1.54, 1.807) is 22.8 Å². The first kappa shape index (κ1) is 21.3. The van der Waals surface area contributed by atoms with Crippen LogP contribution in [-0.4, -0.2) is 25.4 Å². The van der Waals surface area contributed by atoms with Crippen LogP contribution in [0.15, 0.2) is 65.5 Å². The number of rotatable bonds is 6. The summed E-state index contributed by atoms with van der Waals surface area (Å²) in [6.45, 7) is 8.22. The van der Waals surface area contributed by atoms with Crippen LogP contribution in [0.25, 0.3) is 11.1 Å². The summed E-state index contributed by atoms with van der Waals surface area (Å²) in [4.78, 5) is 24.5. The molecule has 0 aliphatic heterocycles. The number of hydrogen-bond donors (Lipinski definition) is 1. The van der Waals surface area contributed by atoms with Crippen molar-refractivity contribution in [1.82, 2.24) is 14.3 Å². The van der Waals surface area contributed by atoms with E-state index in [1.165, 1.54) is 4.68 Å². The summed E-state index contributed by atoms with van der Waals surface area (Å²) in [6, 6.07) is 14.6. The van der Waals surface area contributed by atoms with Gasteiger partial charge >= 0.3 is 11.7 Å². The second-order valence-corrected chi connectivity index (χ2v) is 8.19. The van der Waals surface area contributed by atoms with Crippen LogP contribution in [-0.2, 0) is 18.5 Å². The molecular formula is C24H27N3O3. The Morgan fingerprint density at radius 3 is 2.37 bits per heavy atom. The van der Waals surface area contributed by atoms with Crippen LogP contribution in [0.2, 0.25) is 0 Å². The number of nitrogens with zero attached hydrogens (tertiary/aromatic N) is 3. The van der Waals surface area contributed by atoms with Crippen LogP contribution >= 0.6 is 0 Å². The van der Waals surface area contributed by atoms with E-state index >= 15 is 0 Å². The van der Waals surface area contributed by atoms with E-state index in [2.05, 4.69) is 5.10 Å². The molecule has 1 heterocycles. The largest absolute Gasteiger partial charge is 0.478 e. The number of aromatic carboxylic acids is 1. The van der Waals surface area contributed by atoms with Gasteiger partial charge in [-0.05, 0) is 50.5 Å². The molecule has 0 aliphatic rings. The second kappa shape index (κ2) is 8.53. The molecule has 0 unspecified atom stereocenters. The first-order valence-corrected chi connectivity index (χ1v) is 9.94. The van der Waals surface area contributed by atoms with Gasteiger partial charge in [0, 0.05) is 6.42 Å². The van der Waals surface area contributed by atoms with Crippen molar-refractivity contribution >= 4 is 5.97 Å². The highest BCUT2D eigenvalue weighted by atomic mass is 16.4. The summed E-state index contributed by atoms with van der Waals surface area (Å²) in [6.07, 6.45) is 4.51. The maximum atomic E-state index is 13.0. The van der Waals surface area contributed by atoms with Crippen molar-refractivity contribution in [1.29, 1.82) is 0 Å². The van der Waals surface area contributed by atoms with Crippen molar-refractivity contribution in [3.8, 4) is 11.1 Å². The lowest BCUT2D eigenvalue weighted by molar-refractivity contribution is 0.0697. The van der Waals surface area contributed by atoms with Crippen molar-refractivity contribution in [3.05, 3.63) is 88.1 Å². The Morgan fingerprint density at radius 1 is 1.10 bits per heavy atom. The van der Waals surface area contributed by atoms with Crippen LogP contribution < -0.4 is 5.69 Å². The highest BCUT2D eigenvalue weighted by Gasteiger charge is 2.22. The van der Waals surface area contributed by atoms with Gasteiger partial charge in [-0.15, -0.1) is 0 Å². The summed E-state index contributed by atoms with van der Waals surface area (Å²) in [5.74, 6) is -0.238. The lowest BCUT2D eigenvalue weighted by Gasteiger charge is -2.16. The van der Waals surface area contributed by atoms with Gasteiger partial charge in [0.2, 0.25) is 0 Å². The number of carbonyl (C=O) groups is 1. The fraction of sp³-hybridized carbons (Fsp3) is 0.292. The number of carboxylic acid groups (broad SMARTS) is 1. The van der Waals surface area contributed by atoms with Crippen LogP contribution in [0.4, 0.5) is 0 Å². The van der Waals surface area contributed by atoms with Crippen LogP contribution in [0, 0.1) is 0 Å². The third kappa shape index (κ3) is 4.43. The zero-order valence-electron chi connectivity index (χ0n) is 17.8. The summed E-state index contributed by atoms with van der Waals surface area (Å²) in [7, 11) is 0. The molecule has 0 atom stereocenters. The lowest BCUT2D eigenvalue weighted by Crippen LogP contribution is -2.36. The summed E-state index contributed by atoms with van der Waals surface area (Å²) < 4.78 is 3.23. The van der Waals surface area contributed by atoms with E-state index in [9.17, 15) is 14.7 Å². The van der Waals surface area contributed by atoms with Crippen molar-refractivity contribution in [2.24, 2.45) is 0 Å². The summed E-state index contributed by atoms with van der Waals surface area (Å²) >= 11 is 0. The Labute approximate surface area is 176 Å². The first-order chi connectivity index (χ1) is 14.2. The average molecular weight is 405 g/mol. The van der Waals surface area contributed by atoms with Gasteiger partial charge in [-0.25, -0.2) is 14.3 Å². The molecule has 0 aliphatic carbocycles. The van der Waals surface area contributed by atoms with Crippen molar-refractivity contribution in [3.63, 3.8) is 0 Å². The monoisotopic (exact) mass is 405 g/mol. The Hall–Kier alpha value is -3.41. The zero-order valence-corrected chi connectivity index (χ0v) is 17.8. The van der Waals surface area contributed by atoms with E-state index in [1.807, 2.05) is 70.2 Å². The van der Waals surface area contributed by atoms with Crippen LogP contribution in [0.3, 0.4) is 0 Å². The molecule has 30 heavy (non-hydrogen) atoms. The Kier molecular flexibility index (Phi) is 6.06. The third-order valence-corrected chi connectivity index (χ3v) is 4.87. The Morgan fingerprint density at radius 2 is 1.77 bits per heavy atom. The minimum atomic E-state index is -0.954. The van der Waals surface area contributed by atoms with Gasteiger partial charge in [0.25, 0.3) is 0 Å². The van der Waals surface area contributed by atoms with E-state index in [4.69, 9.17) is 0 Å². The predicted molar refractivity (Wildman–Crippen MR) is 118 cm³/mol. The topological polar surface area (TPSA) is 77.1 Å². The average Bonchev–Trinajstić information content (AvgIpc) is 3.03. The molecule has 0 saturated carbocycles. The van der Waals surface area contributed by atoms with Crippen molar-refractivity contribution in [2.75, 3.05) is 0 Å². The quantitative estimate of drug-likeness (QED) is 0.619. The number of aromatic nitrogens is 3. The molecule has 0 bridgehead atoms. The zero-order chi connectivity index (χ0) is 21.9. The predicted octanol–water partition coefficient (Wildman–Crippen LogP) is 4.33. The highest BCUT2D eigenvalue weighted by Crippen LogP contribution is 2.24. The molecule has 6 heteroatoms. The molecule has 3 aromatic rings. The van der Waals surface area contributed by atoms with Gasteiger partial charge in [0.15, 0.2) is 0 Å². The van der Waals surface area contributed by atoms with E-state index in [-0.39, 0.29) is 11.3 Å². The molecule has 156 valence electrons. The molecule has 0 saturated heterocycles. The van der Waals surface area contributed by atoms with Gasteiger partial charge in [-0.2, -0.15) is 5.10 Å². The van der Waals surface area contributed by atoms with E-state index in [0.717, 1.165) is 11.1 Å². The molecule has 6 nitrogen and oxygen atoms in total. The number of hydrogen-bond acceptors (Lipinski definition) is 3. The van der Waals surface area contributed by atoms with Gasteiger partial charge in [0.1, 0.15) is 5.82 Å². The number of allylic oxidation sites excluding steroid dienone is 2. The standard InChI is InChI=1S/C24H27N3O3/c1-5-6-11-21-25-27(24(2,3)4)23(30)26(21)16-17-12-14-18(15-13-17)19-9-7-8-10-20(19)22(28)29/h5-10,12-15H,11,16H2,1-4H3,(H,28,29). The fourth-order valence-electron chi connectivity index (χ4n) is 3.30.